The van der Waals surface area contributed by atoms with E-state index in [2.05, 4.69) is 10.1 Å². The van der Waals surface area contributed by atoms with Crippen molar-refractivity contribution >= 4 is 27.3 Å². The molecule has 2 heterocycles. The summed E-state index contributed by atoms with van der Waals surface area (Å²) in [6, 6.07) is 8.64. The van der Waals surface area contributed by atoms with Crippen molar-refractivity contribution in [1.29, 1.82) is 0 Å². The Morgan fingerprint density at radius 2 is 1.83 bits per heavy atom. The van der Waals surface area contributed by atoms with Crippen molar-refractivity contribution in [2.24, 2.45) is 5.92 Å². The first-order valence-electron chi connectivity index (χ1n) is 8.83. The minimum atomic E-state index is -3.97. The van der Waals surface area contributed by atoms with Gasteiger partial charge in [-0.25, -0.2) is 8.42 Å². The van der Waals surface area contributed by atoms with E-state index in [1.165, 1.54) is 19.2 Å². The van der Waals surface area contributed by atoms with Gasteiger partial charge in [0, 0.05) is 17.5 Å². The molecule has 3 rings (SSSR count). The fourth-order valence-electron chi connectivity index (χ4n) is 2.94. The largest absolute Gasteiger partial charge is 0.480 e. The average molecular weight is 436 g/mol. The smallest absolute Gasteiger partial charge is 0.322 e. The first-order chi connectivity index (χ1) is 13.6. The van der Waals surface area contributed by atoms with Gasteiger partial charge < -0.3 is 9.63 Å². The Labute approximate surface area is 172 Å². The predicted octanol–water partition coefficient (Wildman–Crippen LogP) is 3.50. The first kappa shape index (κ1) is 21.2. The number of hydrogen-bond acceptors (Lipinski definition) is 7. The van der Waals surface area contributed by atoms with Gasteiger partial charge in [0.1, 0.15) is 6.04 Å². The highest BCUT2D eigenvalue weighted by atomic mass is 32.2. The summed E-state index contributed by atoms with van der Waals surface area (Å²) in [6.07, 6.45) is 0. The summed E-state index contributed by atoms with van der Waals surface area (Å²) < 4.78 is 31.9. The molecular formula is C19H21N3O5S2. The third-order valence-corrected chi connectivity index (χ3v) is 7.29. The Balaban J connectivity index is 1.86. The van der Waals surface area contributed by atoms with Gasteiger partial charge in [0.2, 0.25) is 15.8 Å². The van der Waals surface area contributed by atoms with E-state index in [9.17, 15) is 18.3 Å². The van der Waals surface area contributed by atoms with Crippen molar-refractivity contribution < 1.29 is 22.8 Å². The summed E-state index contributed by atoms with van der Waals surface area (Å²) in [5.41, 5.74) is 0.567. The van der Waals surface area contributed by atoms with Crippen LogP contribution in [0.15, 0.2) is 45.8 Å². The molecule has 0 aliphatic heterocycles. The third kappa shape index (κ3) is 4.24. The summed E-state index contributed by atoms with van der Waals surface area (Å²) >= 11 is 1.55. The number of likely N-dealkylation sites (N-methyl/N-ethyl adjacent to an activating group) is 1. The number of carboxylic acid groups (broad SMARTS) is 1. The number of nitrogens with zero attached hydrogens (tertiary/aromatic N) is 3. The number of rotatable bonds is 7. The van der Waals surface area contributed by atoms with Crippen LogP contribution in [0.2, 0.25) is 0 Å². The highest BCUT2D eigenvalue weighted by molar-refractivity contribution is 7.89. The fourth-order valence-corrected chi connectivity index (χ4v) is 5.18. The number of sulfonamides is 1. The molecular weight excluding hydrogens is 414 g/mol. The van der Waals surface area contributed by atoms with E-state index in [0.717, 1.165) is 14.1 Å². The average Bonchev–Trinajstić information content (AvgIpc) is 3.30. The topological polar surface area (TPSA) is 114 Å². The summed E-state index contributed by atoms with van der Waals surface area (Å²) in [5, 5.41) is 13.4. The molecule has 0 spiro atoms. The second-order valence-electron chi connectivity index (χ2n) is 6.91. The van der Waals surface area contributed by atoms with Crippen molar-refractivity contribution in [3.05, 3.63) is 41.3 Å². The van der Waals surface area contributed by atoms with Crippen LogP contribution in [0, 0.1) is 12.8 Å². The van der Waals surface area contributed by atoms with Crippen LogP contribution in [0.1, 0.15) is 18.7 Å². The molecule has 2 aromatic heterocycles. The van der Waals surface area contributed by atoms with Crippen LogP contribution in [-0.4, -0.2) is 47.0 Å². The van der Waals surface area contributed by atoms with Gasteiger partial charge >= 0.3 is 5.97 Å². The molecule has 1 aromatic carbocycles. The van der Waals surface area contributed by atoms with Crippen LogP contribution in [-0.2, 0) is 14.8 Å². The van der Waals surface area contributed by atoms with E-state index < -0.39 is 22.0 Å². The van der Waals surface area contributed by atoms with Crippen molar-refractivity contribution in [2.75, 3.05) is 7.05 Å². The van der Waals surface area contributed by atoms with Crippen molar-refractivity contribution in [3.63, 3.8) is 0 Å². The second kappa shape index (κ2) is 8.05. The maximum absolute atomic E-state index is 12.8. The van der Waals surface area contributed by atoms with E-state index in [-0.39, 0.29) is 16.7 Å². The van der Waals surface area contributed by atoms with Crippen molar-refractivity contribution in [3.8, 4) is 22.2 Å². The number of carboxylic acids is 1. The number of aliphatic carboxylic acids is 1. The van der Waals surface area contributed by atoms with Crippen LogP contribution in [0.25, 0.3) is 22.2 Å². The molecule has 29 heavy (non-hydrogen) atoms. The fraction of sp³-hybridized carbons (Fsp3) is 0.316. The predicted molar refractivity (Wildman–Crippen MR) is 109 cm³/mol. The Kier molecular flexibility index (Phi) is 5.87. The summed E-state index contributed by atoms with van der Waals surface area (Å²) in [5.74, 6) is -0.834. The van der Waals surface area contributed by atoms with Crippen LogP contribution in [0.5, 0.6) is 0 Å². The molecule has 0 unspecified atom stereocenters. The van der Waals surface area contributed by atoms with E-state index in [1.807, 2.05) is 19.1 Å². The van der Waals surface area contributed by atoms with Gasteiger partial charge in [0.15, 0.2) is 0 Å². The zero-order valence-electron chi connectivity index (χ0n) is 16.4. The molecule has 10 heteroatoms. The standard InChI is InChI=1S/C19H21N3O5S2/c1-11(2)16(19(23)24)22(4)29(25,26)14-8-6-13(7-9-14)18-20-17(21-27-18)15-10-5-12(3)28-15/h5-11,16H,1-4H3,(H,23,24)/t16-/m1/s1. The molecule has 3 aromatic rings. The molecule has 1 N–H and O–H groups in total. The van der Waals surface area contributed by atoms with Gasteiger partial charge in [-0.05, 0) is 49.2 Å². The monoisotopic (exact) mass is 435 g/mol. The third-order valence-electron chi connectivity index (χ3n) is 4.44. The van der Waals surface area contributed by atoms with Gasteiger partial charge in [-0.3, -0.25) is 4.79 Å². The molecule has 154 valence electrons. The van der Waals surface area contributed by atoms with Gasteiger partial charge in [-0.1, -0.05) is 19.0 Å². The van der Waals surface area contributed by atoms with Crippen molar-refractivity contribution in [1.82, 2.24) is 14.4 Å². The Hall–Kier alpha value is -2.56. The Bertz CT molecular complexity index is 1120. The van der Waals surface area contributed by atoms with E-state index >= 15 is 0 Å². The van der Waals surface area contributed by atoms with E-state index in [1.54, 1.807) is 37.3 Å². The summed E-state index contributed by atoms with van der Waals surface area (Å²) in [6.45, 7) is 5.31. The lowest BCUT2D eigenvalue weighted by atomic mass is 10.1. The van der Waals surface area contributed by atoms with Gasteiger partial charge in [0.05, 0.1) is 9.77 Å². The maximum Gasteiger partial charge on any atom is 0.322 e. The number of hydrogen-bond donors (Lipinski definition) is 1. The molecule has 1 atom stereocenters. The lowest BCUT2D eigenvalue weighted by Gasteiger charge is -2.27. The minimum Gasteiger partial charge on any atom is -0.480 e. The lowest BCUT2D eigenvalue weighted by Crippen LogP contribution is -2.45. The molecule has 0 amide bonds. The normalized spacial score (nSPS) is 13.2. The van der Waals surface area contributed by atoms with Crippen molar-refractivity contribution in [2.45, 2.75) is 31.7 Å². The molecule has 8 nitrogen and oxygen atoms in total. The van der Waals surface area contributed by atoms with Gasteiger partial charge in [-0.2, -0.15) is 9.29 Å². The zero-order chi connectivity index (χ0) is 21.3. The quantitative estimate of drug-likeness (QED) is 0.604. The molecule has 0 saturated heterocycles. The minimum absolute atomic E-state index is 0.00993. The van der Waals surface area contributed by atoms with Crippen LogP contribution >= 0.6 is 11.3 Å². The molecule has 0 saturated carbocycles. The zero-order valence-corrected chi connectivity index (χ0v) is 18.0. The second-order valence-corrected chi connectivity index (χ2v) is 10.2. The number of aromatic nitrogens is 2. The summed E-state index contributed by atoms with van der Waals surface area (Å²) in [7, 11) is -2.70. The van der Waals surface area contributed by atoms with Crippen LogP contribution in [0.3, 0.4) is 0 Å². The number of aryl methyl sites for hydroxylation is 1. The number of thiophene rings is 1. The molecule has 0 aliphatic rings. The van der Waals surface area contributed by atoms with Crippen LogP contribution in [0.4, 0.5) is 0 Å². The van der Waals surface area contributed by atoms with E-state index in [4.69, 9.17) is 4.52 Å². The maximum atomic E-state index is 12.8. The molecule has 0 radical (unpaired) electrons. The van der Waals surface area contributed by atoms with Crippen LogP contribution < -0.4 is 0 Å². The SMILES string of the molecule is Cc1ccc(-c2noc(-c3ccc(S(=O)(=O)N(C)[C@@H](C(=O)O)C(C)C)cc3)n2)s1. The number of carbonyl (C=O) groups is 1. The first-order valence-corrected chi connectivity index (χ1v) is 11.1. The molecule has 0 bridgehead atoms. The lowest BCUT2D eigenvalue weighted by molar-refractivity contribution is -0.142. The summed E-state index contributed by atoms with van der Waals surface area (Å²) in [4.78, 5) is 17.9. The molecule has 0 fully saturated rings. The van der Waals surface area contributed by atoms with Gasteiger partial charge in [-0.15, -0.1) is 11.3 Å². The molecule has 0 aliphatic carbocycles. The van der Waals surface area contributed by atoms with Gasteiger partial charge in [0.25, 0.3) is 5.89 Å². The Morgan fingerprint density at radius 3 is 2.34 bits per heavy atom. The highest BCUT2D eigenvalue weighted by Gasteiger charge is 2.35. The Morgan fingerprint density at radius 1 is 1.17 bits per heavy atom. The number of benzene rings is 1. The highest BCUT2D eigenvalue weighted by Crippen LogP contribution is 2.28. The van der Waals surface area contributed by atoms with E-state index in [0.29, 0.717) is 11.4 Å².